The summed E-state index contributed by atoms with van der Waals surface area (Å²) in [6.07, 6.45) is -3.23. The van der Waals surface area contributed by atoms with Crippen molar-refractivity contribution in [2.75, 3.05) is 4.72 Å². The molecule has 0 radical (unpaired) electrons. The number of benzene rings is 2. The number of alkyl halides is 3. The number of anilines is 1. The highest BCUT2D eigenvalue weighted by Gasteiger charge is 2.35. The van der Waals surface area contributed by atoms with Crippen molar-refractivity contribution in [2.24, 2.45) is 0 Å². The number of aryl methyl sites for hydroxylation is 1. The summed E-state index contributed by atoms with van der Waals surface area (Å²) in [5.74, 6) is -1.34. The van der Waals surface area contributed by atoms with Crippen LogP contribution < -0.4 is 9.46 Å². The van der Waals surface area contributed by atoms with Crippen LogP contribution in [0.1, 0.15) is 18.2 Å². The number of aromatic nitrogens is 3. The molecular formula is C22H15F4N5O3S2. The van der Waals surface area contributed by atoms with Crippen molar-refractivity contribution in [2.45, 2.75) is 24.5 Å². The van der Waals surface area contributed by atoms with Gasteiger partial charge in [-0.15, -0.1) is 11.3 Å². The number of thiazole rings is 1. The van der Waals surface area contributed by atoms with Gasteiger partial charge in [-0.2, -0.15) is 23.5 Å². The lowest BCUT2D eigenvalue weighted by Gasteiger charge is -2.12. The molecule has 0 saturated heterocycles. The highest BCUT2D eigenvalue weighted by atomic mass is 32.2. The van der Waals surface area contributed by atoms with Crippen molar-refractivity contribution in [1.82, 2.24) is 14.8 Å². The summed E-state index contributed by atoms with van der Waals surface area (Å²) in [5, 5.41) is 14.7. The first kappa shape index (κ1) is 25.1. The molecule has 186 valence electrons. The average molecular weight is 538 g/mol. The number of sulfonamides is 1. The highest BCUT2D eigenvalue weighted by molar-refractivity contribution is 7.93. The molecule has 4 rings (SSSR count). The van der Waals surface area contributed by atoms with Gasteiger partial charge in [0.05, 0.1) is 16.2 Å². The average Bonchev–Trinajstić information content (AvgIpc) is 3.49. The van der Waals surface area contributed by atoms with Gasteiger partial charge in [0, 0.05) is 23.7 Å². The van der Waals surface area contributed by atoms with Crippen molar-refractivity contribution in [3.63, 3.8) is 0 Å². The van der Waals surface area contributed by atoms with E-state index in [1.165, 1.54) is 30.5 Å². The molecule has 0 amide bonds. The predicted molar refractivity (Wildman–Crippen MR) is 122 cm³/mol. The van der Waals surface area contributed by atoms with Gasteiger partial charge in [-0.25, -0.2) is 17.8 Å². The summed E-state index contributed by atoms with van der Waals surface area (Å²) in [6, 6.07) is 9.61. The Morgan fingerprint density at radius 1 is 1.17 bits per heavy atom. The Morgan fingerprint density at radius 2 is 1.92 bits per heavy atom. The molecule has 0 spiro atoms. The van der Waals surface area contributed by atoms with Crippen LogP contribution in [0.3, 0.4) is 0 Å². The third kappa shape index (κ3) is 5.16. The second-order valence-electron chi connectivity index (χ2n) is 7.19. The highest BCUT2D eigenvalue weighted by Crippen LogP contribution is 2.35. The molecule has 36 heavy (non-hydrogen) atoms. The number of ether oxygens (including phenoxy) is 1. The van der Waals surface area contributed by atoms with E-state index < -0.39 is 27.7 Å². The summed E-state index contributed by atoms with van der Waals surface area (Å²) in [6.45, 7) is 1.73. The lowest BCUT2D eigenvalue weighted by atomic mass is 10.1. The molecule has 0 bridgehead atoms. The summed E-state index contributed by atoms with van der Waals surface area (Å²) < 4.78 is 87.9. The maximum atomic E-state index is 14.8. The third-order valence-corrected chi connectivity index (χ3v) is 7.01. The Labute approximate surface area is 206 Å². The largest absolute Gasteiger partial charge is 0.453 e. The van der Waals surface area contributed by atoms with Gasteiger partial charge in [0.25, 0.3) is 10.0 Å². The molecule has 0 aliphatic carbocycles. The SMILES string of the molecule is CCn1nc(C(F)(F)F)cc1-c1ccc(Oc2ccc(S(=O)(=O)Nc3nccs3)cc2C#N)c(F)c1. The normalized spacial score (nSPS) is 11.8. The minimum absolute atomic E-state index is 0.0651. The smallest absolute Gasteiger partial charge is 0.435 e. The molecule has 0 saturated carbocycles. The van der Waals surface area contributed by atoms with Gasteiger partial charge in [-0.05, 0) is 49.4 Å². The number of nitrogens with one attached hydrogen (secondary N) is 1. The first-order valence-electron chi connectivity index (χ1n) is 10.1. The van der Waals surface area contributed by atoms with E-state index in [4.69, 9.17) is 4.74 Å². The summed E-state index contributed by atoms with van der Waals surface area (Å²) in [5.41, 5.74) is -1.08. The van der Waals surface area contributed by atoms with Crippen LogP contribution in [0, 0.1) is 17.1 Å². The Morgan fingerprint density at radius 3 is 2.53 bits per heavy atom. The third-order valence-electron chi connectivity index (χ3n) is 4.85. The van der Waals surface area contributed by atoms with E-state index in [-0.39, 0.29) is 44.9 Å². The van der Waals surface area contributed by atoms with Crippen LogP contribution >= 0.6 is 11.3 Å². The summed E-state index contributed by atoms with van der Waals surface area (Å²) in [7, 11) is -4.04. The zero-order valence-electron chi connectivity index (χ0n) is 18.2. The topological polar surface area (TPSA) is 110 Å². The van der Waals surface area contributed by atoms with E-state index in [0.29, 0.717) is 0 Å². The van der Waals surface area contributed by atoms with Crippen LogP contribution in [0.4, 0.5) is 22.7 Å². The van der Waals surface area contributed by atoms with E-state index in [0.717, 1.165) is 34.2 Å². The minimum Gasteiger partial charge on any atom is -0.453 e. The number of rotatable bonds is 7. The van der Waals surface area contributed by atoms with Crippen molar-refractivity contribution in [1.29, 1.82) is 5.26 Å². The first-order valence-corrected chi connectivity index (χ1v) is 12.5. The van der Waals surface area contributed by atoms with Gasteiger partial charge in [-0.1, -0.05) is 0 Å². The van der Waals surface area contributed by atoms with Crippen LogP contribution in [0.25, 0.3) is 11.3 Å². The summed E-state index contributed by atoms with van der Waals surface area (Å²) in [4.78, 5) is 3.61. The monoisotopic (exact) mass is 537 g/mol. The number of nitrogens with zero attached hydrogens (tertiary/aromatic N) is 4. The van der Waals surface area contributed by atoms with E-state index in [9.17, 15) is 31.2 Å². The second-order valence-corrected chi connectivity index (χ2v) is 9.77. The number of hydrogen-bond donors (Lipinski definition) is 1. The van der Waals surface area contributed by atoms with Crippen LogP contribution in [-0.4, -0.2) is 23.2 Å². The molecule has 0 aliphatic rings. The first-order chi connectivity index (χ1) is 17.0. The van der Waals surface area contributed by atoms with E-state index in [2.05, 4.69) is 14.8 Å². The molecule has 1 N–H and O–H groups in total. The fourth-order valence-corrected chi connectivity index (χ4v) is 5.01. The summed E-state index contributed by atoms with van der Waals surface area (Å²) >= 11 is 1.07. The van der Waals surface area contributed by atoms with Crippen LogP contribution in [-0.2, 0) is 22.7 Å². The second kappa shape index (κ2) is 9.59. The van der Waals surface area contributed by atoms with E-state index >= 15 is 0 Å². The molecule has 2 aromatic heterocycles. The molecule has 4 aromatic rings. The van der Waals surface area contributed by atoms with Gasteiger partial charge in [0.15, 0.2) is 22.4 Å². The Hall–Kier alpha value is -3.96. The minimum atomic E-state index is -4.65. The Kier molecular flexibility index (Phi) is 6.70. The van der Waals surface area contributed by atoms with Gasteiger partial charge >= 0.3 is 6.18 Å². The van der Waals surface area contributed by atoms with Gasteiger partial charge in [0.1, 0.15) is 11.8 Å². The molecule has 2 heterocycles. The van der Waals surface area contributed by atoms with Gasteiger partial charge < -0.3 is 4.74 Å². The molecular weight excluding hydrogens is 522 g/mol. The molecule has 0 atom stereocenters. The zero-order chi connectivity index (χ0) is 26.1. The van der Waals surface area contributed by atoms with Gasteiger partial charge in [0.2, 0.25) is 0 Å². The Balaban J connectivity index is 1.61. The maximum Gasteiger partial charge on any atom is 0.435 e. The quantitative estimate of drug-likeness (QED) is 0.305. The molecule has 2 aromatic carbocycles. The number of hydrogen-bond acceptors (Lipinski definition) is 7. The van der Waals surface area contributed by atoms with Crippen molar-refractivity contribution >= 4 is 26.5 Å². The molecule has 0 fully saturated rings. The lowest BCUT2D eigenvalue weighted by molar-refractivity contribution is -0.141. The van der Waals surface area contributed by atoms with Crippen LogP contribution in [0.5, 0.6) is 11.5 Å². The van der Waals surface area contributed by atoms with Crippen LogP contribution in [0.15, 0.2) is 58.9 Å². The lowest BCUT2D eigenvalue weighted by Crippen LogP contribution is -2.13. The molecule has 0 unspecified atom stereocenters. The zero-order valence-corrected chi connectivity index (χ0v) is 19.9. The number of halogens is 4. The van der Waals surface area contributed by atoms with E-state index in [1.54, 1.807) is 18.4 Å². The van der Waals surface area contributed by atoms with Crippen molar-refractivity contribution in [3.05, 3.63) is 71.1 Å². The number of nitriles is 1. The van der Waals surface area contributed by atoms with Crippen molar-refractivity contribution < 1.29 is 30.7 Å². The van der Waals surface area contributed by atoms with E-state index in [1.807, 2.05) is 0 Å². The standard InChI is InChI=1S/C22H15F4N5O3S2/c1-2-31-17(11-20(29-31)22(24,25)26)13-3-5-19(16(23)10-13)34-18-6-4-15(9-14(18)12-27)36(32,33)30-21-28-7-8-35-21/h3-11H,2H2,1H3,(H,28,30). The van der Waals surface area contributed by atoms with Crippen molar-refractivity contribution in [3.8, 4) is 28.8 Å². The fraction of sp³-hybridized carbons (Fsp3) is 0.136. The predicted octanol–water partition coefficient (Wildman–Crippen LogP) is 5.65. The molecule has 0 aliphatic heterocycles. The maximum absolute atomic E-state index is 14.8. The Bertz CT molecular complexity index is 1560. The van der Waals surface area contributed by atoms with Gasteiger partial charge in [-0.3, -0.25) is 9.40 Å². The molecule has 8 nitrogen and oxygen atoms in total. The van der Waals surface area contributed by atoms with Crippen LogP contribution in [0.2, 0.25) is 0 Å². The molecule has 14 heteroatoms. The fourth-order valence-electron chi connectivity index (χ4n) is 3.19.